The van der Waals surface area contributed by atoms with Crippen molar-refractivity contribution < 1.29 is 0 Å². The molecule has 0 aromatic carbocycles. The Hall–Kier alpha value is -2.38. The Morgan fingerprint density at radius 2 is 2.05 bits per heavy atom. The first kappa shape index (κ1) is 12.6. The number of aryl methyl sites for hydroxylation is 3. The van der Waals surface area contributed by atoms with Crippen LogP contribution in [0.15, 0.2) is 6.33 Å². The summed E-state index contributed by atoms with van der Waals surface area (Å²) in [4.78, 5) is 4.42. The lowest BCUT2D eigenvalue weighted by Crippen LogP contribution is -2.12. The summed E-state index contributed by atoms with van der Waals surface area (Å²) in [5.41, 5.74) is 8.74. The van der Waals surface area contributed by atoms with Crippen molar-refractivity contribution in [3.05, 3.63) is 17.8 Å². The molecule has 0 radical (unpaired) electrons. The van der Waals surface area contributed by atoms with Crippen molar-refractivity contribution in [1.29, 1.82) is 0 Å². The first-order valence-corrected chi connectivity index (χ1v) is 6.71. The van der Waals surface area contributed by atoms with Crippen LogP contribution in [0.25, 0.3) is 11.2 Å². The molecule has 0 amide bonds. The standard InChI is InChI=1S/C12H18N8/c1-4-18-7-14-16-9(18)6-19-11-10(15-12(19)13)8(3)17-20(11)5-2/h7H,4-6H2,1-3H3,(H2,13,15). The minimum atomic E-state index is 0.480. The lowest BCUT2D eigenvalue weighted by molar-refractivity contribution is 0.624. The molecule has 0 spiro atoms. The number of fused-ring (bicyclic) bond motifs is 1. The molecule has 106 valence electrons. The monoisotopic (exact) mass is 274 g/mol. The second-order valence-electron chi connectivity index (χ2n) is 4.66. The number of hydrogen-bond donors (Lipinski definition) is 1. The summed E-state index contributed by atoms with van der Waals surface area (Å²) in [6.45, 7) is 8.19. The molecular weight excluding hydrogens is 256 g/mol. The number of rotatable bonds is 4. The zero-order valence-corrected chi connectivity index (χ0v) is 11.9. The molecule has 2 N–H and O–H groups in total. The number of nitrogens with two attached hydrogens (primary N) is 1. The van der Waals surface area contributed by atoms with E-state index in [9.17, 15) is 0 Å². The summed E-state index contributed by atoms with van der Waals surface area (Å²) >= 11 is 0. The second kappa shape index (κ2) is 4.62. The number of nitrogen functional groups attached to an aromatic ring is 1. The molecule has 20 heavy (non-hydrogen) atoms. The van der Waals surface area contributed by atoms with Gasteiger partial charge in [0.25, 0.3) is 0 Å². The molecule has 3 heterocycles. The Balaban J connectivity index is 2.13. The van der Waals surface area contributed by atoms with Crippen LogP contribution in [-0.4, -0.2) is 34.1 Å². The van der Waals surface area contributed by atoms with E-state index < -0.39 is 0 Å². The van der Waals surface area contributed by atoms with Gasteiger partial charge in [0.2, 0.25) is 5.95 Å². The first-order valence-electron chi connectivity index (χ1n) is 6.71. The van der Waals surface area contributed by atoms with E-state index in [1.165, 1.54) is 0 Å². The third-order valence-electron chi connectivity index (χ3n) is 3.46. The zero-order valence-electron chi connectivity index (χ0n) is 11.9. The summed E-state index contributed by atoms with van der Waals surface area (Å²) in [7, 11) is 0. The van der Waals surface area contributed by atoms with Crippen LogP contribution >= 0.6 is 0 Å². The Kier molecular flexibility index (Phi) is 2.92. The first-order chi connectivity index (χ1) is 9.65. The van der Waals surface area contributed by atoms with E-state index in [1.807, 2.05) is 27.7 Å². The number of aromatic nitrogens is 7. The number of hydrogen-bond acceptors (Lipinski definition) is 5. The maximum Gasteiger partial charge on any atom is 0.202 e. The molecule has 0 aliphatic heterocycles. The maximum atomic E-state index is 6.05. The summed E-state index contributed by atoms with van der Waals surface area (Å²) in [5.74, 6) is 1.34. The van der Waals surface area contributed by atoms with Gasteiger partial charge >= 0.3 is 0 Å². The van der Waals surface area contributed by atoms with Crippen molar-refractivity contribution in [2.24, 2.45) is 0 Å². The molecule has 8 heteroatoms. The second-order valence-corrected chi connectivity index (χ2v) is 4.66. The number of nitrogens with zero attached hydrogens (tertiary/aromatic N) is 7. The van der Waals surface area contributed by atoms with Crippen LogP contribution in [0.1, 0.15) is 25.4 Å². The van der Waals surface area contributed by atoms with Gasteiger partial charge in [0.1, 0.15) is 11.8 Å². The van der Waals surface area contributed by atoms with Crippen molar-refractivity contribution >= 4 is 17.1 Å². The molecule has 0 unspecified atom stereocenters. The molecule has 0 atom stereocenters. The maximum absolute atomic E-state index is 6.05. The highest BCUT2D eigenvalue weighted by Crippen LogP contribution is 2.21. The lowest BCUT2D eigenvalue weighted by atomic mass is 10.4. The molecule has 0 saturated heterocycles. The Bertz CT molecular complexity index is 747. The molecule has 3 aromatic rings. The van der Waals surface area contributed by atoms with Crippen LogP contribution in [0.3, 0.4) is 0 Å². The topological polar surface area (TPSA) is 92.4 Å². The molecule has 3 aromatic heterocycles. The van der Waals surface area contributed by atoms with Crippen molar-refractivity contribution in [1.82, 2.24) is 34.1 Å². The third kappa shape index (κ3) is 1.75. The van der Waals surface area contributed by atoms with Gasteiger partial charge in [-0.15, -0.1) is 10.2 Å². The van der Waals surface area contributed by atoms with Crippen molar-refractivity contribution in [3.8, 4) is 0 Å². The molecular formula is C12H18N8. The summed E-state index contributed by atoms with van der Waals surface area (Å²) in [5, 5.41) is 12.6. The molecule has 0 saturated carbocycles. The third-order valence-corrected chi connectivity index (χ3v) is 3.46. The fourth-order valence-corrected chi connectivity index (χ4v) is 2.42. The normalized spacial score (nSPS) is 11.6. The molecule has 8 nitrogen and oxygen atoms in total. The van der Waals surface area contributed by atoms with Gasteiger partial charge < -0.3 is 10.3 Å². The van der Waals surface area contributed by atoms with Gasteiger partial charge in [0.15, 0.2) is 11.5 Å². The van der Waals surface area contributed by atoms with Crippen molar-refractivity contribution in [2.45, 2.75) is 40.4 Å². The molecule has 0 aliphatic rings. The van der Waals surface area contributed by atoms with Crippen LogP contribution in [-0.2, 0) is 19.6 Å². The Morgan fingerprint density at radius 3 is 2.75 bits per heavy atom. The number of imidazole rings is 1. The van der Waals surface area contributed by atoms with Gasteiger partial charge in [-0.25, -0.2) is 9.67 Å². The van der Waals surface area contributed by atoms with E-state index in [1.54, 1.807) is 6.33 Å². The van der Waals surface area contributed by atoms with Gasteiger partial charge in [-0.05, 0) is 20.8 Å². The zero-order chi connectivity index (χ0) is 14.3. The fourth-order valence-electron chi connectivity index (χ4n) is 2.42. The Morgan fingerprint density at radius 1 is 1.25 bits per heavy atom. The van der Waals surface area contributed by atoms with E-state index in [2.05, 4.69) is 27.2 Å². The van der Waals surface area contributed by atoms with Gasteiger partial charge in [-0.1, -0.05) is 0 Å². The minimum Gasteiger partial charge on any atom is -0.369 e. The number of anilines is 1. The van der Waals surface area contributed by atoms with E-state index in [0.717, 1.165) is 35.8 Å². The van der Waals surface area contributed by atoms with Crippen molar-refractivity contribution in [3.63, 3.8) is 0 Å². The lowest BCUT2D eigenvalue weighted by Gasteiger charge is -2.08. The highest BCUT2D eigenvalue weighted by Gasteiger charge is 2.18. The van der Waals surface area contributed by atoms with Gasteiger partial charge in [0.05, 0.1) is 12.2 Å². The SMILES string of the molecule is CCn1cnnc1Cn1c(N)nc2c(C)nn(CC)c21. The van der Waals surface area contributed by atoms with E-state index in [0.29, 0.717) is 12.5 Å². The molecule has 0 fully saturated rings. The molecule has 0 bridgehead atoms. The van der Waals surface area contributed by atoms with Crippen LogP contribution in [0.2, 0.25) is 0 Å². The largest absolute Gasteiger partial charge is 0.369 e. The predicted molar refractivity (Wildman–Crippen MR) is 75.1 cm³/mol. The van der Waals surface area contributed by atoms with Gasteiger partial charge in [-0.3, -0.25) is 4.57 Å². The average Bonchev–Trinajstić information content (AvgIpc) is 3.09. The fraction of sp³-hybridized carbons (Fsp3) is 0.500. The predicted octanol–water partition coefficient (Wildman–Crippen LogP) is 0.803. The van der Waals surface area contributed by atoms with E-state index in [-0.39, 0.29) is 0 Å². The summed E-state index contributed by atoms with van der Waals surface area (Å²) < 4.78 is 5.85. The highest BCUT2D eigenvalue weighted by atomic mass is 15.4. The van der Waals surface area contributed by atoms with Crippen LogP contribution < -0.4 is 5.73 Å². The van der Waals surface area contributed by atoms with Crippen LogP contribution in [0.5, 0.6) is 0 Å². The Labute approximate surface area is 116 Å². The average molecular weight is 274 g/mol. The van der Waals surface area contributed by atoms with Crippen molar-refractivity contribution in [2.75, 3.05) is 5.73 Å². The van der Waals surface area contributed by atoms with E-state index >= 15 is 0 Å². The van der Waals surface area contributed by atoms with Gasteiger partial charge in [0, 0.05) is 13.1 Å². The minimum absolute atomic E-state index is 0.480. The smallest absolute Gasteiger partial charge is 0.202 e. The summed E-state index contributed by atoms with van der Waals surface area (Å²) in [6.07, 6.45) is 1.72. The molecule has 3 rings (SSSR count). The van der Waals surface area contributed by atoms with Crippen LogP contribution in [0.4, 0.5) is 5.95 Å². The molecule has 0 aliphatic carbocycles. The van der Waals surface area contributed by atoms with Crippen LogP contribution in [0, 0.1) is 6.92 Å². The highest BCUT2D eigenvalue weighted by molar-refractivity contribution is 5.77. The summed E-state index contributed by atoms with van der Waals surface area (Å²) in [6, 6.07) is 0. The van der Waals surface area contributed by atoms with Gasteiger partial charge in [-0.2, -0.15) is 5.10 Å². The van der Waals surface area contributed by atoms with E-state index in [4.69, 9.17) is 5.73 Å². The quantitative estimate of drug-likeness (QED) is 0.759.